The van der Waals surface area contributed by atoms with Crippen molar-refractivity contribution >= 4 is 17.2 Å². The van der Waals surface area contributed by atoms with E-state index in [9.17, 15) is 9.90 Å². The second-order valence-electron chi connectivity index (χ2n) is 6.19. The number of carbonyl (C=O) groups excluding carboxylic acids is 1. The third-order valence-electron chi connectivity index (χ3n) is 4.68. The summed E-state index contributed by atoms with van der Waals surface area (Å²) in [5.41, 5.74) is 0.962. The Morgan fingerprint density at radius 3 is 2.50 bits per heavy atom. The lowest BCUT2D eigenvalue weighted by atomic mass is 10.0. The smallest absolute Gasteiger partial charge is 0.224 e. The fourth-order valence-corrected chi connectivity index (χ4v) is 3.44. The second-order valence-corrected chi connectivity index (χ2v) is 6.97. The van der Waals surface area contributed by atoms with Crippen LogP contribution >= 0.6 is 11.3 Å². The van der Waals surface area contributed by atoms with Crippen LogP contribution in [-0.4, -0.2) is 17.6 Å². The highest BCUT2D eigenvalue weighted by atomic mass is 32.1. The Hall–Kier alpha value is -0.870. The molecule has 1 aromatic heterocycles. The number of amides is 1. The highest BCUT2D eigenvalue weighted by Gasteiger charge is 2.68. The number of nitrogens with one attached hydrogen (secondary N) is 1. The van der Waals surface area contributed by atoms with E-state index in [2.05, 4.69) is 33.0 Å². The maximum atomic E-state index is 12.1. The molecule has 0 bridgehead atoms. The van der Waals surface area contributed by atoms with Gasteiger partial charge in [0.25, 0.3) is 0 Å². The third kappa shape index (κ3) is 2.08. The number of carbonyl (C=O) groups is 1. The predicted octanol–water partition coefficient (Wildman–Crippen LogP) is 2.58. The highest BCUT2D eigenvalue weighted by molar-refractivity contribution is 7.07. The lowest BCUT2D eigenvalue weighted by Crippen LogP contribution is -2.31. The molecule has 0 saturated heterocycles. The first-order valence-electron chi connectivity index (χ1n) is 6.26. The van der Waals surface area contributed by atoms with Crippen LogP contribution in [0.5, 0.6) is 0 Å². The first-order chi connectivity index (χ1) is 8.28. The van der Waals surface area contributed by atoms with E-state index in [1.165, 1.54) is 0 Å². The standard InChI is InChI=1S/C14H21NO2S/c1-13(2)11(14(13,3)4)12(17)15-7-10(16)9-5-6-18-8-9/h5-6,8,10-11,16H,7H2,1-4H3,(H,15,17). The molecule has 1 fully saturated rings. The molecule has 2 N–H and O–H groups in total. The van der Waals surface area contributed by atoms with Crippen LogP contribution in [0.25, 0.3) is 0 Å². The van der Waals surface area contributed by atoms with Gasteiger partial charge in [-0.1, -0.05) is 27.7 Å². The number of aliphatic hydroxyl groups is 1. The SMILES string of the molecule is CC1(C)C(C(=O)NCC(O)c2ccsc2)C1(C)C. The first kappa shape index (κ1) is 13.6. The molecule has 0 radical (unpaired) electrons. The quantitative estimate of drug-likeness (QED) is 0.881. The molecule has 18 heavy (non-hydrogen) atoms. The molecule has 1 saturated carbocycles. The van der Waals surface area contributed by atoms with Crippen LogP contribution in [0.4, 0.5) is 0 Å². The normalized spacial score (nSPS) is 22.5. The van der Waals surface area contributed by atoms with Crippen LogP contribution in [0, 0.1) is 16.7 Å². The van der Waals surface area contributed by atoms with Crippen LogP contribution < -0.4 is 5.32 Å². The molecule has 100 valence electrons. The van der Waals surface area contributed by atoms with E-state index in [0.29, 0.717) is 0 Å². The Balaban J connectivity index is 1.87. The van der Waals surface area contributed by atoms with Crippen molar-refractivity contribution < 1.29 is 9.90 Å². The van der Waals surface area contributed by atoms with Gasteiger partial charge < -0.3 is 10.4 Å². The molecule has 2 rings (SSSR count). The molecule has 1 unspecified atom stereocenters. The molecule has 0 aromatic carbocycles. The van der Waals surface area contributed by atoms with Crippen molar-refractivity contribution in [1.82, 2.24) is 5.32 Å². The largest absolute Gasteiger partial charge is 0.387 e. The first-order valence-corrected chi connectivity index (χ1v) is 7.20. The van der Waals surface area contributed by atoms with Gasteiger partial charge in [0.2, 0.25) is 5.91 Å². The summed E-state index contributed by atoms with van der Waals surface area (Å²) < 4.78 is 0. The van der Waals surface area contributed by atoms with Gasteiger partial charge in [0.05, 0.1) is 6.10 Å². The minimum atomic E-state index is -0.606. The van der Waals surface area contributed by atoms with E-state index < -0.39 is 6.10 Å². The lowest BCUT2D eigenvalue weighted by Gasteiger charge is -2.11. The van der Waals surface area contributed by atoms with Crippen LogP contribution in [0.1, 0.15) is 39.4 Å². The Bertz CT molecular complexity index is 423. The van der Waals surface area contributed by atoms with Crippen LogP contribution in [0.2, 0.25) is 0 Å². The van der Waals surface area contributed by atoms with E-state index in [0.717, 1.165) is 5.56 Å². The Morgan fingerprint density at radius 1 is 1.44 bits per heavy atom. The Morgan fingerprint density at radius 2 is 2.06 bits per heavy atom. The minimum Gasteiger partial charge on any atom is -0.387 e. The maximum absolute atomic E-state index is 12.1. The number of aliphatic hydroxyl groups excluding tert-OH is 1. The topological polar surface area (TPSA) is 49.3 Å². The molecule has 1 atom stereocenters. The maximum Gasteiger partial charge on any atom is 0.224 e. The number of rotatable bonds is 4. The van der Waals surface area contributed by atoms with E-state index in [4.69, 9.17) is 0 Å². The van der Waals surface area contributed by atoms with Gasteiger partial charge in [-0.25, -0.2) is 0 Å². The van der Waals surface area contributed by atoms with Crippen molar-refractivity contribution in [2.24, 2.45) is 16.7 Å². The van der Waals surface area contributed by atoms with Crippen molar-refractivity contribution in [3.63, 3.8) is 0 Å². The van der Waals surface area contributed by atoms with Crippen LogP contribution in [-0.2, 0) is 4.79 Å². The average Bonchev–Trinajstić information content (AvgIpc) is 2.71. The highest BCUT2D eigenvalue weighted by Crippen LogP contribution is 2.68. The van der Waals surface area contributed by atoms with Crippen LogP contribution in [0.15, 0.2) is 16.8 Å². The summed E-state index contributed by atoms with van der Waals surface area (Å²) in [5, 5.41) is 16.6. The zero-order valence-corrected chi connectivity index (χ0v) is 12.2. The molecule has 1 heterocycles. The number of thiophene rings is 1. The molecule has 1 amide bonds. The average molecular weight is 267 g/mol. The monoisotopic (exact) mass is 267 g/mol. The van der Waals surface area contributed by atoms with Gasteiger partial charge in [0, 0.05) is 12.5 Å². The van der Waals surface area contributed by atoms with Crippen LogP contribution in [0.3, 0.4) is 0 Å². The predicted molar refractivity (Wildman–Crippen MR) is 73.3 cm³/mol. The Labute approximate surface area is 112 Å². The summed E-state index contributed by atoms with van der Waals surface area (Å²) in [7, 11) is 0. The van der Waals surface area contributed by atoms with Gasteiger partial charge in [-0.15, -0.1) is 0 Å². The van der Waals surface area contributed by atoms with E-state index in [1.54, 1.807) is 11.3 Å². The molecular weight excluding hydrogens is 246 g/mol. The molecule has 0 aliphatic heterocycles. The molecule has 3 nitrogen and oxygen atoms in total. The van der Waals surface area contributed by atoms with Gasteiger partial charge >= 0.3 is 0 Å². The van der Waals surface area contributed by atoms with Crippen molar-refractivity contribution in [1.29, 1.82) is 0 Å². The van der Waals surface area contributed by atoms with Crippen molar-refractivity contribution in [2.45, 2.75) is 33.8 Å². The molecule has 1 aromatic rings. The summed E-state index contributed by atoms with van der Waals surface area (Å²) in [5.74, 6) is 0.0963. The molecule has 1 aliphatic rings. The summed E-state index contributed by atoms with van der Waals surface area (Å²) >= 11 is 1.55. The van der Waals surface area contributed by atoms with Gasteiger partial charge in [-0.3, -0.25) is 4.79 Å². The van der Waals surface area contributed by atoms with Crippen molar-refractivity contribution in [3.8, 4) is 0 Å². The van der Waals surface area contributed by atoms with E-state index in [-0.39, 0.29) is 29.2 Å². The van der Waals surface area contributed by atoms with E-state index >= 15 is 0 Å². The second kappa shape index (κ2) is 4.35. The molecule has 4 heteroatoms. The third-order valence-corrected chi connectivity index (χ3v) is 5.38. The van der Waals surface area contributed by atoms with Gasteiger partial charge in [-0.05, 0) is 33.2 Å². The number of hydrogen-bond donors (Lipinski definition) is 2. The fourth-order valence-electron chi connectivity index (χ4n) is 2.73. The van der Waals surface area contributed by atoms with Gasteiger partial charge in [-0.2, -0.15) is 11.3 Å². The van der Waals surface area contributed by atoms with E-state index in [1.807, 2.05) is 16.8 Å². The van der Waals surface area contributed by atoms with Crippen molar-refractivity contribution in [2.75, 3.05) is 6.54 Å². The molecule has 0 spiro atoms. The summed E-state index contributed by atoms with van der Waals surface area (Å²) in [6, 6.07) is 1.88. The Kier molecular flexibility index (Phi) is 3.28. The minimum absolute atomic E-state index is 0.0414. The number of hydrogen-bond acceptors (Lipinski definition) is 3. The molecule has 1 aliphatic carbocycles. The van der Waals surface area contributed by atoms with Gasteiger partial charge in [0.1, 0.15) is 0 Å². The summed E-state index contributed by atoms with van der Waals surface area (Å²) in [4.78, 5) is 12.1. The zero-order valence-electron chi connectivity index (χ0n) is 11.4. The van der Waals surface area contributed by atoms with Gasteiger partial charge in [0.15, 0.2) is 0 Å². The lowest BCUT2D eigenvalue weighted by molar-refractivity contribution is -0.123. The zero-order chi connectivity index (χ0) is 13.6. The summed E-state index contributed by atoms with van der Waals surface area (Å²) in [6.45, 7) is 8.76. The fraction of sp³-hybridized carbons (Fsp3) is 0.643. The molecular formula is C14H21NO2S. The van der Waals surface area contributed by atoms with Crippen molar-refractivity contribution in [3.05, 3.63) is 22.4 Å². The summed E-state index contributed by atoms with van der Waals surface area (Å²) in [6.07, 6.45) is -0.606.